The molecule has 1 N–H and O–H groups in total. The van der Waals surface area contributed by atoms with Gasteiger partial charge in [0, 0.05) is 31.3 Å². The first-order valence-corrected chi connectivity index (χ1v) is 10.9. The third kappa shape index (κ3) is 5.57. The zero-order chi connectivity index (χ0) is 22.3. The highest BCUT2D eigenvalue weighted by molar-refractivity contribution is 5.93. The summed E-state index contributed by atoms with van der Waals surface area (Å²) in [4.78, 5) is 15.0. The predicted molar refractivity (Wildman–Crippen MR) is 118 cm³/mol. The van der Waals surface area contributed by atoms with Crippen molar-refractivity contribution in [1.82, 2.24) is 15.4 Å². The number of carbonyl (C=O) groups excluding carboxylic acids is 1. The number of aromatic nitrogens is 1. The van der Waals surface area contributed by atoms with Crippen molar-refractivity contribution in [1.29, 1.82) is 0 Å². The standard InChI is InChI=1S/C24H29N3O5/c1-17(2)16-31-19-7-5-18(6-8-19)23-14-20(26-32-23)24(28)25-15-21(22-4-3-11-30-22)27-9-12-29-13-10-27/h3-8,11,14,17,21H,9-10,12-13,15-16H2,1-2H3,(H,25,28)/t21-/m0/s1. The van der Waals surface area contributed by atoms with E-state index < -0.39 is 0 Å². The molecule has 0 radical (unpaired) electrons. The van der Waals surface area contributed by atoms with Crippen molar-refractivity contribution in [2.24, 2.45) is 5.92 Å². The number of carbonyl (C=O) groups is 1. The highest BCUT2D eigenvalue weighted by Crippen LogP contribution is 2.24. The first-order valence-electron chi connectivity index (χ1n) is 10.9. The molecule has 0 aliphatic carbocycles. The third-order valence-electron chi connectivity index (χ3n) is 5.28. The van der Waals surface area contributed by atoms with E-state index in [0.717, 1.165) is 30.2 Å². The van der Waals surface area contributed by atoms with Crippen molar-refractivity contribution >= 4 is 5.91 Å². The van der Waals surface area contributed by atoms with Gasteiger partial charge < -0.3 is 23.7 Å². The first kappa shape index (κ1) is 22.1. The molecule has 1 saturated heterocycles. The maximum atomic E-state index is 12.7. The van der Waals surface area contributed by atoms with E-state index in [4.69, 9.17) is 18.4 Å². The lowest BCUT2D eigenvalue weighted by Gasteiger charge is -2.33. The van der Waals surface area contributed by atoms with Crippen molar-refractivity contribution in [2.75, 3.05) is 39.5 Å². The maximum Gasteiger partial charge on any atom is 0.273 e. The Morgan fingerprint density at radius 1 is 1.19 bits per heavy atom. The van der Waals surface area contributed by atoms with Gasteiger partial charge in [-0.15, -0.1) is 0 Å². The first-order chi connectivity index (χ1) is 15.6. The van der Waals surface area contributed by atoms with Crippen LogP contribution in [-0.4, -0.2) is 55.4 Å². The number of furan rings is 1. The quantitative estimate of drug-likeness (QED) is 0.543. The molecule has 0 unspecified atom stereocenters. The van der Waals surface area contributed by atoms with Crippen LogP contribution in [0.4, 0.5) is 0 Å². The summed E-state index contributed by atoms with van der Waals surface area (Å²) >= 11 is 0. The highest BCUT2D eigenvalue weighted by Gasteiger charge is 2.26. The van der Waals surface area contributed by atoms with Gasteiger partial charge in [-0.1, -0.05) is 19.0 Å². The van der Waals surface area contributed by atoms with Crippen molar-refractivity contribution in [3.8, 4) is 17.1 Å². The Morgan fingerprint density at radius 2 is 1.97 bits per heavy atom. The molecule has 3 heterocycles. The fraction of sp³-hybridized carbons (Fsp3) is 0.417. The van der Waals surface area contributed by atoms with Gasteiger partial charge in [0.05, 0.1) is 32.1 Å². The fourth-order valence-corrected chi connectivity index (χ4v) is 3.56. The van der Waals surface area contributed by atoms with Crippen molar-refractivity contribution in [2.45, 2.75) is 19.9 Å². The molecular formula is C24H29N3O5. The summed E-state index contributed by atoms with van der Waals surface area (Å²) in [5.74, 6) is 2.31. The molecule has 32 heavy (non-hydrogen) atoms. The Bertz CT molecular complexity index is 976. The SMILES string of the molecule is CC(C)COc1ccc(-c2cc(C(=O)NC[C@@H](c3ccco3)N3CCOCC3)no2)cc1. The van der Waals surface area contributed by atoms with E-state index in [9.17, 15) is 4.79 Å². The van der Waals surface area contributed by atoms with Gasteiger partial charge in [0.25, 0.3) is 5.91 Å². The zero-order valence-corrected chi connectivity index (χ0v) is 18.5. The number of amides is 1. The summed E-state index contributed by atoms with van der Waals surface area (Å²) in [5, 5.41) is 6.91. The van der Waals surface area contributed by atoms with E-state index in [0.29, 0.717) is 38.0 Å². The number of hydrogen-bond acceptors (Lipinski definition) is 7. The lowest BCUT2D eigenvalue weighted by Crippen LogP contribution is -2.43. The molecule has 1 amide bonds. The van der Waals surface area contributed by atoms with Crippen LogP contribution in [0.2, 0.25) is 0 Å². The summed E-state index contributed by atoms with van der Waals surface area (Å²) in [5.41, 5.74) is 1.07. The Hall–Kier alpha value is -3.10. The van der Waals surface area contributed by atoms with E-state index >= 15 is 0 Å². The highest BCUT2D eigenvalue weighted by atomic mass is 16.5. The van der Waals surface area contributed by atoms with Crippen LogP contribution in [0.15, 0.2) is 57.7 Å². The smallest absolute Gasteiger partial charge is 0.273 e. The summed E-state index contributed by atoms with van der Waals surface area (Å²) in [6.07, 6.45) is 1.65. The number of nitrogens with zero attached hydrogens (tertiary/aromatic N) is 2. The Kier molecular flexibility index (Phi) is 7.24. The topological polar surface area (TPSA) is 90.0 Å². The van der Waals surface area contributed by atoms with Gasteiger partial charge in [-0.25, -0.2) is 0 Å². The minimum atomic E-state index is -0.290. The molecule has 0 spiro atoms. The van der Waals surface area contributed by atoms with Crippen LogP contribution in [0.1, 0.15) is 36.1 Å². The zero-order valence-electron chi connectivity index (χ0n) is 18.5. The molecule has 1 aliphatic rings. The van der Waals surface area contributed by atoms with Crippen LogP contribution in [0.25, 0.3) is 11.3 Å². The second-order valence-corrected chi connectivity index (χ2v) is 8.20. The third-order valence-corrected chi connectivity index (χ3v) is 5.28. The largest absolute Gasteiger partial charge is 0.493 e. The van der Waals surface area contributed by atoms with Gasteiger partial charge in [-0.3, -0.25) is 9.69 Å². The van der Waals surface area contributed by atoms with Crippen LogP contribution in [0, 0.1) is 5.92 Å². The number of morpholine rings is 1. The van der Waals surface area contributed by atoms with Crippen LogP contribution < -0.4 is 10.1 Å². The summed E-state index contributed by atoms with van der Waals surface area (Å²) < 4.78 is 22.2. The van der Waals surface area contributed by atoms with Crippen LogP contribution in [0.5, 0.6) is 5.75 Å². The summed E-state index contributed by atoms with van der Waals surface area (Å²) in [6, 6.07) is 12.9. The number of benzene rings is 1. The average Bonchev–Trinajstić information content (AvgIpc) is 3.52. The second-order valence-electron chi connectivity index (χ2n) is 8.20. The monoisotopic (exact) mass is 439 g/mol. The summed E-state index contributed by atoms with van der Waals surface area (Å²) in [6.45, 7) is 8.17. The lowest BCUT2D eigenvalue weighted by atomic mass is 10.1. The maximum absolute atomic E-state index is 12.7. The number of ether oxygens (including phenoxy) is 2. The Balaban J connectivity index is 1.37. The molecule has 2 aromatic heterocycles. The van der Waals surface area contributed by atoms with Crippen molar-refractivity contribution < 1.29 is 23.2 Å². The average molecular weight is 440 g/mol. The fourth-order valence-electron chi connectivity index (χ4n) is 3.56. The Labute approximate surface area is 187 Å². The van der Waals surface area contributed by atoms with Crippen LogP contribution in [0.3, 0.4) is 0 Å². The molecule has 1 atom stereocenters. The van der Waals surface area contributed by atoms with Gasteiger partial charge >= 0.3 is 0 Å². The molecule has 8 nitrogen and oxygen atoms in total. The van der Waals surface area contributed by atoms with Crippen LogP contribution >= 0.6 is 0 Å². The van der Waals surface area contributed by atoms with Gasteiger partial charge in [-0.05, 0) is 42.3 Å². The Morgan fingerprint density at radius 3 is 2.66 bits per heavy atom. The molecular weight excluding hydrogens is 410 g/mol. The predicted octanol–water partition coefficient (Wildman–Crippen LogP) is 3.77. The van der Waals surface area contributed by atoms with Crippen molar-refractivity contribution in [3.05, 3.63) is 60.2 Å². The van der Waals surface area contributed by atoms with Gasteiger partial charge in [0.1, 0.15) is 11.5 Å². The molecule has 3 aromatic rings. The van der Waals surface area contributed by atoms with E-state index in [-0.39, 0.29) is 17.6 Å². The molecule has 0 bridgehead atoms. The number of hydrogen-bond donors (Lipinski definition) is 1. The normalized spacial score (nSPS) is 15.6. The minimum Gasteiger partial charge on any atom is -0.493 e. The number of nitrogens with one attached hydrogen (secondary N) is 1. The number of rotatable bonds is 9. The molecule has 0 saturated carbocycles. The van der Waals surface area contributed by atoms with Gasteiger partial charge in [0.2, 0.25) is 0 Å². The minimum absolute atomic E-state index is 0.0670. The molecule has 8 heteroatoms. The lowest BCUT2D eigenvalue weighted by molar-refractivity contribution is 0.0118. The van der Waals surface area contributed by atoms with Gasteiger partial charge in [-0.2, -0.15) is 0 Å². The second kappa shape index (κ2) is 10.5. The van der Waals surface area contributed by atoms with Crippen LogP contribution in [-0.2, 0) is 4.74 Å². The van der Waals surface area contributed by atoms with E-state index in [1.165, 1.54) is 0 Å². The molecule has 1 aliphatic heterocycles. The molecule has 170 valence electrons. The molecule has 1 fully saturated rings. The van der Waals surface area contributed by atoms with Crippen molar-refractivity contribution in [3.63, 3.8) is 0 Å². The van der Waals surface area contributed by atoms with E-state index in [1.807, 2.05) is 36.4 Å². The molecule has 1 aromatic carbocycles. The van der Waals surface area contributed by atoms with E-state index in [2.05, 4.69) is 29.2 Å². The summed E-state index contributed by atoms with van der Waals surface area (Å²) in [7, 11) is 0. The van der Waals surface area contributed by atoms with Gasteiger partial charge in [0.15, 0.2) is 11.5 Å². The van der Waals surface area contributed by atoms with E-state index in [1.54, 1.807) is 12.3 Å². The molecule has 4 rings (SSSR count).